The van der Waals surface area contributed by atoms with Crippen molar-refractivity contribution in [3.63, 3.8) is 0 Å². The van der Waals surface area contributed by atoms with E-state index in [-0.39, 0.29) is 6.42 Å². The molecule has 2 N–H and O–H groups in total. The molecule has 1 saturated heterocycles. The Hall–Kier alpha value is -2.39. The Morgan fingerprint density at radius 2 is 1.74 bits per heavy atom. The summed E-state index contributed by atoms with van der Waals surface area (Å²) in [7, 11) is -6.12. The van der Waals surface area contributed by atoms with Gasteiger partial charge in [-0.15, -0.1) is 0 Å². The Balaban J connectivity index is 1.39. The Kier molecular flexibility index (Phi) is 6.31. The van der Waals surface area contributed by atoms with Gasteiger partial charge in [-0.2, -0.15) is 17.2 Å². The Morgan fingerprint density at radius 1 is 1.09 bits per heavy atom. The van der Waals surface area contributed by atoms with Crippen molar-refractivity contribution >= 4 is 34.0 Å². The highest BCUT2D eigenvalue weighted by molar-refractivity contribution is 7.87. The first-order chi connectivity index (χ1) is 15.8. The van der Waals surface area contributed by atoms with Gasteiger partial charge in [0.1, 0.15) is 18.3 Å². The van der Waals surface area contributed by atoms with Gasteiger partial charge in [0.2, 0.25) is 0 Å². The first kappa shape index (κ1) is 24.7. The highest BCUT2D eigenvalue weighted by Crippen LogP contribution is 2.59. The fourth-order valence-corrected chi connectivity index (χ4v) is 5.63. The first-order valence-corrected chi connectivity index (χ1v) is 12.1. The van der Waals surface area contributed by atoms with Crippen LogP contribution in [0.4, 0.5) is 8.78 Å². The minimum Gasteiger partial charge on any atom is -0.460 e. The Morgan fingerprint density at radius 3 is 2.35 bits per heavy atom. The number of carbonyl (C=O) groups excluding carboxylic acids is 4. The lowest BCUT2D eigenvalue weighted by atomic mass is 9.78. The van der Waals surface area contributed by atoms with Crippen molar-refractivity contribution in [2.24, 2.45) is 23.7 Å². The molecule has 0 aromatic carbocycles. The number of aliphatic hydroxyl groups is 1. The van der Waals surface area contributed by atoms with Crippen LogP contribution in [0.25, 0.3) is 0 Å². The lowest BCUT2D eigenvalue weighted by molar-refractivity contribution is -0.180. The van der Waals surface area contributed by atoms with E-state index in [4.69, 9.17) is 18.8 Å². The van der Waals surface area contributed by atoms with Crippen LogP contribution in [0.1, 0.15) is 32.1 Å². The van der Waals surface area contributed by atoms with E-state index in [0.717, 1.165) is 0 Å². The van der Waals surface area contributed by atoms with Gasteiger partial charge in [-0.3, -0.25) is 14.1 Å². The summed E-state index contributed by atoms with van der Waals surface area (Å²) >= 11 is 0. The van der Waals surface area contributed by atoms with Gasteiger partial charge in [0.15, 0.2) is 6.61 Å². The number of aliphatic hydroxyl groups excluding tert-OH is 1. The summed E-state index contributed by atoms with van der Waals surface area (Å²) in [6, 6.07) is 0. The molecule has 4 fully saturated rings. The van der Waals surface area contributed by atoms with E-state index in [2.05, 4.69) is 4.74 Å². The highest BCUT2D eigenvalue weighted by Gasteiger charge is 2.71. The van der Waals surface area contributed by atoms with Gasteiger partial charge in [0.25, 0.3) is 0 Å². The number of rotatable bonds is 7. The number of esters is 4. The fourth-order valence-electron chi connectivity index (χ4n) is 5.38. The highest BCUT2D eigenvalue weighted by atomic mass is 32.2. The third kappa shape index (κ3) is 4.24. The maximum Gasteiger partial charge on any atom is 0.465 e. The van der Waals surface area contributed by atoms with Crippen LogP contribution in [0.15, 0.2) is 0 Å². The van der Waals surface area contributed by atoms with E-state index in [1.54, 1.807) is 0 Å². The zero-order valence-electron chi connectivity index (χ0n) is 17.5. The molecule has 3 saturated carbocycles. The second-order valence-electron chi connectivity index (χ2n) is 8.91. The largest absolute Gasteiger partial charge is 0.465 e. The molecule has 6 atom stereocenters. The molecule has 0 aromatic heterocycles. The van der Waals surface area contributed by atoms with Gasteiger partial charge < -0.3 is 24.1 Å². The van der Waals surface area contributed by atoms with Gasteiger partial charge >= 0.3 is 39.2 Å². The van der Waals surface area contributed by atoms with Gasteiger partial charge in [-0.25, -0.2) is 9.59 Å². The number of alkyl halides is 2. The molecule has 0 spiro atoms. The molecule has 1 heterocycles. The summed E-state index contributed by atoms with van der Waals surface area (Å²) in [6.45, 7) is -0.776. The second kappa shape index (κ2) is 8.68. The van der Waals surface area contributed by atoms with Gasteiger partial charge in [-0.1, -0.05) is 0 Å². The van der Waals surface area contributed by atoms with Crippen LogP contribution in [0.5, 0.6) is 0 Å². The van der Waals surface area contributed by atoms with Crippen LogP contribution in [-0.2, 0) is 48.2 Å². The summed E-state index contributed by atoms with van der Waals surface area (Å²) in [5, 5.41) is 4.22. The summed E-state index contributed by atoms with van der Waals surface area (Å²) in [4.78, 5) is 48.7. The molecular formula is C19H22F2O12S. The quantitative estimate of drug-likeness (QED) is 0.256. The normalized spacial score (nSPS) is 36.6. The molecule has 0 aromatic rings. The molecule has 34 heavy (non-hydrogen) atoms. The first-order valence-electron chi connectivity index (χ1n) is 10.6. The monoisotopic (exact) mass is 512 g/mol. The topological polar surface area (TPSA) is 180 Å². The van der Waals surface area contributed by atoms with Crippen LogP contribution in [-0.4, -0.2) is 78.2 Å². The maximum atomic E-state index is 13.6. The number of fused-ring (bicyclic) bond motifs is 1. The Bertz CT molecular complexity index is 989. The summed E-state index contributed by atoms with van der Waals surface area (Å²) in [6.07, 6.45) is -1.71. The van der Waals surface area contributed by atoms with Crippen LogP contribution in [0, 0.1) is 23.7 Å². The molecule has 3 aliphatic carbocycles. The van der Waals surface area contributed by atoms with Crippen LogP contribution >= 0.6 is 0 Å². The van der Waals surface area contributed by atoms with E-state index in [1.807, 2.05) is 0 Å². The van der Waals surface area contributed by atoms with E-state index in [9.17, 15) is 41.5 Å². The molecule has 2 bridgehead atoms. The molecule has 1 aliphatic heterocycles. The fraction of sp³-hybridized carbons (Fsp3) is 0.789. The number of hydrogen-bond acceptors (Lipinski definition) is 11. The lowest BCUT2D eigenvalue weighted by Crippen LogP contribution is -2.48. The van der Waals surface area contributed by atoms with E-state index >= 15 is 0 Å². The number of ether oxygens (including phenoxy) is 4. The van der Waals surface area contributed by atoms with Crippen LogP contribution in [0.2, 0.25) is 0 Å². The molecule has 15 heteroatoms. The van der Waals surface area contributed by atoms with E-state index < -0.39 is 93.9 Å². The standard InChI is InChI=1S/C19H22F2O12S/c20-19(21,34(27,28)29)18(26)33-15-9-5-10-13(17(25)32-14(10)15)12(9)16(24)30-6-11(23)31-8-3-1-7(22)2-4-8/h7-10,12-15,22H,1-6H2,(H,27,28,29). The lowest BCUT2D eigenvalue weighted by Gasteiger charge is -2.30. The molecule has 0 amide bonds. The predicted octanol–water partition coefficient (Wildman–Crippen LogP) is -0.424. The average Bonchev–Trinajstić information content (AvgIpc) is 3.36. The summed E-state index contributed by atoms with van der Waals surface area (Å²) < 4.78 is 77.3. The van der Waals surface area contributed by atoms with E-state index in [1.165, 1.54) is 0 Å². The second-order valence-corrected chi connectivity index (χ2v) is 10.4. The van der Waals surface area contributed by atoms with Crippen molar-refractivity contribution in [1.82, 2.24) is 0 Å². The molecule has 4 aliphatic rings. The maximum absolute atomic E-state index is 13.6. The van der Waals surface area contributed by atoms with Crippen molar-refractivity contribution in [2.45, 2.75) is 61.8 Å². The Labute approximate surface area is 191 Å². The smallest absolute Gasteiger partial charge is 0.460 e. The van der Waals surface area contributed by atoms with Crippen molar-refractivity contribution in [3.8, 4) is 0 Å². The van der Waals surface area contributed by atoms with E-state index in [0.29, 0.717) is 25.7 Å². The van der Waals surface area contributed by atoms with Gasteiger partial charge in [0, 0.05) is 11.8 Å². The molecule has 6 unspecified atom stereocenters. The SMILES string of the molecule is O=C(COC(=O)C1C2CC3C(OC(=O)C31)C2OC(=O)C(F)(F)S(=O)(=O)O)OC1CCC(O)CC1. The van der Waals surface area contributed by atoms with Crippen molar-refractivity contribution < 1.29 is 65.0 Å². The molecule has 190 valence electrons. The minimum atomic E-state index is -6.12. The summed E-state index contributed by atoms with van der Waals surface area (Å²) in [5.74, 6) is -9.19. The summed E-state index contributed by atoms with van der Waals surface area (Å²) in [5.41, 5.74) is 0. The number of carbonyl (C=O) groups is 4. The van der Waals surface area contributed by atoms with Gasteiger partial charge in [0.05, 0.1) is 17.9 Å². The molecule has 4 rings (SSSR count). The molecule has 0 radical (unpaired) electrons. The molecule has 12 nitrogen and oxygen atoms in total. The van der Waals surface area contributed by atoms with Crippen molar-refractivity contribution in [1.29, 1.82) is 0 Å². The van der Waals surface area contributed by atoms with Crippen LogP contribution in [0.3, 0.4) is 0 Å². The predicted molar refractivity (Wildman–Crippen MR) is 100 cm³/mol. The van der Waals surface area contributed by atoms with Crippen molar-refractivity contribution in [3.05, 3.63) is 0 Å². The third-order valence-electron chi connectivity index (χ3n) is 6.90. The number of hydrogen-bond donors (Lipinski definition) is 2. The zero-order chi connectivity index (χ0) is 25.0. The van der Waals surface area contributed by atoms with Crippen molar-refractivity contribution in [2.75, 3.05) is 6.61 Å². The minimum absolute atomic E-state index is 0.0745. The molecular weight excluding hydrogens is 490 g/mol. The zero-order valence-corrected chi connectivity index (χ0v) is 18.3. The average molecular weight is 512 g/mol. The van der Waals surface area contributed by atoms with Gasteiger partial charge in [-0.05, 0) is 32.1 Å². The number of halogens is 2. The van der Waals surface area contributed by atoms with Crippen LogP contribution < -0.4 is 0 Å². The third-order valence-corrected chi connectivity index (χ3v) is 7.71.